The summed E-state index contributed by atoms with van der Waals surface area (Å²) in [7, 11) is 1.74. The third-order valence-electron chi connectivity index (χ3n) is 3.89. The first-order valence-corrected chi connectivity index (χ1v) is 7.52. The Morgan fingerprint density at radius 1 is 1.41 bits per heavy atom. The number of nitrogens with zero attached hydrogens (tertiary/aromatic N) is 2. The Morgan fingerprint density at radius 2 is 2.18 bits per heavy atom. The van der Waals surface area contributed by atoms with Gasteiger partial charge in [0.25, 0.3) is 5.91 Å². The van der Waals surface area contributed by atoms with Crippen LogP contribution < -0.4 is 5.32 Å². The zero-order chi connectivity index (χ0) is 15.7. The summed E-state index contributed by atoms with van der Waals surface area (Å²) in [6, 6.07) is 9.21. The van der Waals surface area contributed by atoms with Crippen LogP contribution in [-0.2, 0) is 4.79 Å². The molecule has 0 unspecified atom stereocenters. The zero-order valence-electron chi connectivity index (χ0n) is 12.2. The van der Waals surface area contributed by atoms with Crippen LogP contribution in [0.1, 0.15) is 23.3 Å². The van der Waals surface area contributed by atoms with Crippen LogP contribution in [0, 0.1) is 0 Å². The summed E-state index contributed by atoms with van der Waals surface area (Å²) < 4.78 is 0. The van der Waals surface area contributed by atoms with Crippen LogP contribution in [0.5, 0.6) is 0 Å². The number of halogens is 1. The quantitative estimate of drug-likeness (QED) is 0.864. The van der Waals surface area contributed by atoms with Gasteiger partial charge in [-0.2, -0.15) is 0 Å². The predicted molar refractivity (Wildman–Crippen MR) is 84.9 cm³/mol. The summed E-state index contributed by atoms with van der Waals surface area (Å²) in [4.78, 5) is 29.6. The highest BCUT2D eigenvalue weighted by atomic mass is 35.5. The number of fused-ring (bicyclic) bond motifs is 1. The van der Waals surface area contributed by atoms with Gasteiger partial charge in [0.1, 0.15) is 10.8 Å². The molecule has 0 spiro atoms. The van der Waals surface area contributed by atoms with Crippen LogP contribution in [-0.4, -0.2) is 41.3 Å². The highest BCUT2D eigenvalue weighted by Crippen LogP contribution is 2.22. The first-order chi connectivity index (χ1) is 10.5. The summed E-state index contributed by atoms with van der Waals surface area (Å²) in [5, 5.41) is 4.94. The lowest BCUT2D eigenvalue weighted by Crippen LogP contribution is -2.48. The van der Waals surface area contributed by atoms with Gasteiger partial charge in [0.2, 0.25) is 5.91 Å². The largest absolute Gasteiger partial charge is 0.346 e. The van der Waals surface area contributed by atoms with Gasteiger partial charge >= 0.3 is 0 Å². The third kappa shape index (κ3) is 2.90. The lowest BCUT2D eigenvalue weighted by molar-refractivity contribution is -0.132. The fourth-order valence-electron chi connectivity index (χ4n) is 2.66. The van der Waals surface area contributed by atoms with E-state index in [0.29, 0.717) is 30.2 Å². The molecule has 1 N–H and O–H groups in total. The van der Waals surface area contributed by atoms with Gasteiger partial charge in [-0.1, -0.05) is 35.9 Å². The Labute approximate surface area is 133 Å². The normalized spacial score (nSPS) is 18.5. The molecule has 1 atom stereocenters. The van der Waals surface area contributed by atoms with Crippen molar-refractivity contribution in [2.45, 2.75) is 18.9 Å². The fraction of sp³-hybridized carbons (Fsp3) is 0.312. The molecule has 2 aromatic rings. The fourth-order valence-corrected chi connectivity index (χ4v) is 2.93. The van der Waals surface area contributed by atoms with Crippen molar-refractivity contribution in [3.8, 4) is 0 Å². The number of carbonyl (C=O) groups is 2. The predicted octanol–water partition coefficient (Wildman–Crippen LogP) is 2.24. The molecule has 1 aliphatic rings. The lowest BCUT2D eigenvalue weighted by atomic mass is 10.1. The molecule has 1 aromatic heterocycles. The van der Waals surface area contributed by atoms with Gasteiger partial charge < -0.3 is 10.2 Å². The maximum atomic E-state index is 12.4. The van der Waals surface area contributed by atoms with E-state index >= 15 is 0 Å². The van der Waals surface area contributed by atoms with E-state index in [4.69, 9.17) is 11.6 Å². The van der Waals surface area contributed by atoms with Crippen molar-refractivity contribution in [2.75, 3.05) is 13.6 Å². The standard InChI is InChI=1S/C16H16ClN3O2/c1-20-9-11(6-7-14(20)21)18-16(22)13-8-10-4-2-3-5-12(10)15(17)19-13/h2-5,8,11H,6-7,9H2,1H3,(H,18,22)/t11-/m0/s1. The molecule has 22 heavy (non-hydrogen) atoms. The number of aromatic nitrogens is 1. The third-order valence-corrected chi connectivity index (χ3v) is 4.18. The Balaban J connectivity index is 1.79. The van der Waals surface area contributed by atoms with Crippen LogP contribution >= 0.6 is 11.6 Å². The molecule has 5 nitrogen and oxygen atoms in total. The van der Waals surface area contributed by atoms with E-state index in [1.165, 1.54) is 0 Å². The molecule has 0 radical (unpaired) electrons. The number of benzene rings is 1. The SMILES string of the molecule is CN1C[C@@H](NC(=O)c2cc3ccccc3c(Cl)n2)CCC1=O. The highest BCUT2D eigenvalue weighted by molar-refractivity contribution is 6.34. The average Bonchev–Trinajstić information content (AvgIpc) is 2.51. The molecule has 0 saturated carbocycles. The van der Waals surface area contributed by atoms with E-state index in [2.05, 4.69) is 10.3 Å². The summed E-state index contributed by atoms with van der Waals surface area (Å²) >= 11 is 6.15. The Hall–Kier alpha value is -2.14. The molecule has 2 heterocycles. The van der Waals surface area contributed by atoms with Gasteiger partial charge in [-0.15, -0.1) is 0 Å². The minimum atomic E-state index is -0.264. The Kier molecular flexibility index (Phi) is 3.98. The molecule has 1 fully saturated rings. The smallest absolute Gasteiger partial charge is 0.270 e. The molecule has 1 saturated heterocycles. The molecule has 3 rings (SSSR count). The van der Waals surface area contributed by atoms with Crippen molar-refractivity contribution < 1.29 is 9.59 Å². The summed E-state index contributed by atoms with van der Waals surface area (Å²) in [6.07, 6.45) is 1.10. The first-order valence-electron chi connectivity index (χ1n) is 7.14. The molecule has 2 amide bonds. The topological polar surface area (TPSA) is 62.3 Å². The maximum absolute atomic E-state index is 12.4. The van der Waals surface area contributed by atoms with Crippen LogP contribution in [0.3, 0.4) is 0 Å². The average molecular weight is 318 g/mol. The van der Waals surface area contributed by atoms with E-state index in [0.717, 1.165) is 10.8 Å². The molecule has 114 valence electrons. The van der Waals surface area contributed by atoms with Gasteiger partial charge in [-0.25, -0.2) is 4.98 Å². The number of amides is 2. The molecule has 6 heteroatoms. The lowest BCUT2D eigenvalue weighted by Gasteiger charge is -2.30. The first kappa shape index (κ1) is 14.8. The molecule has 0 bridgehead atoms. The minimum Gasteiger partial charge on any atom is -0.346 e. The Morgan fingerprint density at radius 3 is 2.95 bits per heavy atom. The number of carbonyl (C=O) groups excluding carboxylic acids is 2. The number of rotatable bonds is 2. The van der Waals surface area contributed by atoms with Crippen molar-refractivity contribution in [3.05, 3.63) is 41.2 Å². The minimum absolute atomic E-state index is 0.0535. The van der Waals surface area contributed by atoms with Crippen molar-refractivity contribution in [1.82, 2.24) is 15.2 Å². The van der Waals surface area contributed by atoms with Crippen LogP contribution in [0.25, 0.3) is 10.8 Å². The number of piperidine rings is 1. The van der Waals surface area contributed by atoms with E-state index in [-0.39, 0.29) is 17.9 Å². The van der Waals surface area contributed by atoms with Crippen molar-refractivity contribution in [2.24, 2.45) is 0 Å². The van der Waals surface area contributed by atoms with E-state index in [1.54, 1.807) is 18.0 Å². The molecule has 1 aromatic carbocycles. The highest BCUT2D eigenvalue weighted by Gasteiger charge is 2.24. The van der Waals surface area contributed by atoms with Crippen molar-refractivity contribution in [3.63, 3.8) is 0 Å². The molecular weight excluding hydrogens is 302 g/mol. The maximum Gasteiger partial charge on any atom is 0.270 e. The van der Waals surface area contributed by atoms with Crippen LogP contribution in [0.15, 0.2) is 30.3 Å². The van der Waals surface area contributed by atoms with Crippen LogP contribution in [0.4, 0.5) is 0 Å². The van der Waals surface area contributed by atoms with E-state index in [1.807, 2.05) is 24.3 Å². The van der Waals surface area contributed by atoms with Gasteiger partial charge in [-0.3, -0.25) is 9.59 Å². The molecule has 0 aliphatic carbocycles. The summed E-state index contributed by atoms with van der Waals surface area (Å²) in [5.41, 5.74) is 0.295. The number of likely N-dealkylation sites (tertiary alicyclic amines) is 1. The van der Waals surface area contributed by atoms with Crippen molar-refractivity contribution in [1.29, 1.82) is 0 Å². The molecule has 1 aliphatic heterocycles. The number of hydrogen-bond acceptors (Lipinski definition) is 3. The van der Waals surface area contributed by atoms with Gasteiger partial charge in [0, 0.05) is 31.4 Å². The second kappa shape index (κ2) is 5.93. The number of hydrogen-bond donors (Lipinski definition) is 1. The number of pyridine rings is 1. The number of nitrogens with one attached hydrogen (secondary N) is 1. The van der Waals surface area contributed by atoms with Gasteiger partial charge in [0.15, 0.2) is 0 Å². The monoisotopic (exact) mass is 317 g/mol. The van der Waals surface area contributed by atoms with E-state index in [9.17, 15) is 9.59 Å². The van der Waals surface area contributed by atoms with E-state index < -0.39 is 0 Å². The second-order valence-electron chi connectivity index (χ2n) is 5.50. The number of likely N-dealkylation sites (N-methyl/N-ethyl adjacent to an activating group) is 1. The summed E-state index contributed by atoms with van der Waals surface area (Å²) in [6.45, 7) is 0.520. The van der Waals surface area contributed by atoms with Gasteiger partial charge in [-0.05, 0) is 17.9 Å². The Bertz CT molecular complexity index is 747. The summed E-state index contributed by atoms with van der Waals surface area (Å²) in [5.74, 6) is -0.155. The second-order valence-corrected chi connectivity index (χ2v) is 5.86. The van der Waals surface area contributed by atoms with Crippen molar-refractivity contribution >= 4 is 34.2 Å². The zero-order valence-corrected chi connectivity index (χ0v) is 12.9. The van der Waals surface area contributed by atoms with Crippen LogP contribution in [0.2, 0.25) is 5.15 Å². The molecular formula is C16H16ClN3O2. The van der Waals surface area contributed by atoms with Gasteiger partial charge in [0.05, 0.1) is 0 Å².